The molecular weight excluding hydrogens is 430 g/mol. The summed E-state index contributed by atoms with van der Waals surface area (Å²) in [6.45, 7) is 0.866. The monoisotopic (exact) mass is 453 g/mol. The van der Waals surface area contributed by atoms with Crippen LogP contribution in [0.4, 0.5) is 0 Å². The van der Waals surface area contributed by atoms with Crippen molar-refractivity contribution in [2.24, 2.45) is 0 Å². The van der Waals surface area contributed by atoms with Crippen molar-refractivity contribution in [2.45, 2.75) is 29.2 Å². The molecule has 2 heterocycles. The first-order valence-corrected chi connectivity index (χ1v) is 12.1. The molecule has 0 spiro atoms. The van der Waals surface area contributed by atoms with Crippen LogP contribution in [0.25, 0.3) is 28.3 Å². The van der Waals surface area contributed by atoms with E-state index in [0.717, 1.165) is 57.1 Å². The van der Waals surface area contributed by atoms with Crippen molar-refractivity contribution in [3.8, 4) is 22.3 Å². The van der Waals surface area contributed by atoms with Crippen LogP contribution in [0.15, 0.2) is 101 Å². The maximum atomic E-state index is 13.0. The number of nitrogens with zero attached hydrogens (tertiary/aromatic N) is 1. The zero-order valence-electron chi connectivity index (χ0n) is 18.0. The van der Waals surface area contributed by atoms with Crippen LogP contribution in [-0.2, 0) is 28.6 Å². The Morgan fingerprint density at radius 3 is 2.09 bits per heavy atom. The molecule has 5 rings (SSSR count). The van der Waals surface area contributed by atoms with Gasteiger partial charge in [0.25, 0.3) is 0 Å². The van der Waals surface area contributed by atoms with Gasteiger partial charge in [0.15, 0.2) is 0 Å². The average molecular weight is 454 g/mol. The molecule has 0 amide bonds. The van der Waals surface area contributed by atoms with Crippen LogP contribution >= 0.6 is 0 Å². The first kappa shape index (κ1) is 21.2. The van der Waals surface area contributed by atoms with Gasteiger partial charge in [-0.2, -0.15) is 0 Å². The summed E-state index contributed by atoms with van der Waals surface area (Å²) in [5, 5.41) is 9.28. The Morgan fingerprint density at radius 2 is 1.42 bits per heavy atom. The molecule has 0 saturated carbocycles. The third kappa shape index (κ3) is 4.08. The molecule has 0 saturated heterocycles. The molecule has 0 radical (unpaired) electrons. The van der Waals surface area contributed by atoms with Crippen molar-refractivity contribution < 1.29 is 14.1 Å². The van der Waals surface area contributed by atoms with E-state index in [1.807, 2.05) is 72.8 Å². The maximum Gasteiger partial charge on any atom is 0.328 e. The molecule has 1 aliphatic heterocycles. The van der Waals surface area contributed by atoms with Gasteiger partial charge in [0.2, 0.25) is 0 Å². The summed E-state index contributed by atoms with van der Waals surface area (Å²) in [6, 6.07) is 27.5. The van der Waals surface area contributed by atoms with Gasteiger partial charge in [-0.25, -0.2) is 9.00 Å². The second-order valence-electron chi connectivity index (χ2n) is 7.98. The molecule has 1 aromatic heterocycles. The summed E-state index contributed by atoms with van der Waals surface area (Å²) in [5.41, 5.74) is 6.40. The second kappa shape index (κ2) is 9.04. The number of benzene rings is 3. The predicted octanol–water partition coefficient (Wildman–Crippen LogP) is 6.03. The third-order valence-electron chi connectivity index (χ3n) is 5.97. The zero-order chi connectivity index (χ0) is 22.8. The fourth-order valence-electron chi connectivity index (χ4n) is 4.56. The molecule has 5 heteroatoms. The number of hydrogen-bond donors (Lipinski definition) is 1. The lowest BCUT2D eigenvalue weighted by Crippen LogP contribution is -1.97. The highest BCUT2D eigenvalue weighted by molar-refractivity contribution is 7.85. The highest BCUT2D eigenvalue weighted by atomic mass is 32.2. The first-order chi connectivity index (χ1) is 16.1. The number of aliphatic carboxylic acids is 1. The van der Waals surface area contributed by atoms with Gasteiger partial charge in [-0.05, 0) is 54.3 Å². The van der Waals surface area contributed by atoms with Crippen molar-refractivity contribution in [2.75, 3.05) is 0 Å². The number of rotatable bonds is 6. The zero-order valence-corrected chi connectivity index (χ0v) is 18.8. The Labute approximate surface area is 195 Å². The smallest absolute Gasteiger partial charge is 0.328 e. The molecule has 33 heavy (non-hydrogen) atoms. The Morgan fingerprint density at radius 1 is 0.818 bits per heavy atom. The molecule has 164 valence electrons. The molecule has 0 fully saturated rings. The van der Waals surface area contributed by atoms with E-state index < -0.39 is 16.8 Å². The molecule has 0 aliphatic carbocycles. The van der Waals surface area contributed by atoms with Crippen LogP contribution in [0.3, 0.4) is 0 Å². The van der Waals surface area contributed by atoms with Crippen LogP contribution in [-0.4, -0.2) is 19.9 Å². The van der Waals surface area contributed by atoms with Crippen molar-refractivity contribution in [3.63, 3.8) is 0 Å². The summed E-state index contributed by atoms with van der Waals surface area (Å²) >= 11 is 0. The molecule has 0 bridgehead atoms. The van der Waals surface area contributed by atoms with E-state index in [9.17, 15) is 14.1 Å². The van der Waals surface area contributed by atoms with Crippen LogP contribution in [0, 0.1) is 0 Å². The lowest BCUT2D eigenvalue weighted by Gasteiger charge is -2.10. The number of fused-ring (bicyclic) bond motifs is 1. The second-order valence-corrected chi connectivity index (χ2v) is 9.46. The number of carboxylic acids is 1. The van der Waals surface area contributed by atoms with Gasteiger partial charge in [0.1, 0.15) is 0 Å². The normalized spacial score (nSPS) is 13.8. The van der Waals surface area contributed by atoms with E-state index in [0.29, 0.717) is 0 Å². The van der Waals surface area contributed by atoms with Gasteiger partial charge in [-0.15, -0.1) is 0 Å². The summed E-state index contributed by atoms with van der Waals surface area (Å²) < 4.78 is 15.2. The number of hydrogen-bond acceptors (Lipinski definition) is 2. The fourth-order valence-corrected chi connectivity index (χ4v) is 5.62. The SMILES string of the molecule is O=C(O)/C=C/c1c(-c2ccc(S(=O)c3ccccc3)cc2)c(-c2ccccc2)c2n1CCC2. The lowest BCUT2D eigenvalue weighted by atomic mass is 9.93. The summed E-state index contributed by atoms with van der Waals surface area (Å²) in [4.78, 5) is 12.8. The fraction of sp³-hybridized carbons (Fsp3) is 0.107. The molecule has 4 aromatic rings. The van der Waals surface area contributed by atoms with Crippen molar-refractivity contribution in [3.05, 3.63) is 102 Å². The largest absolute Gasteiger partial charge is 0.478 e. The summed E-state index contributed by atoms with van der Waals surface area (Å²) in [6.07, 6.45) is 4.90. The van der Waals surface area contributed by atoms with E-state index in [1.165, 1.54) is 11.8 Å². The molecule has 1 unspecified atom stereocenters. The molecule has 3 aromatic carbocycles. The van der Waals surface area contributed by atoms with E-state index in [1.54, 1.807) is 6.08 Å². The number of carbonyl (C=O) groups is 1. The van der Waals surface area contributed by atoms with Crippen molar-refractivity contribution in [1.29, 1.82) is 0 Å². The van der Waals surface area contributed by atoms with E-state index >= 15 is 0 Å². The first-order valence-electron chi connectivity index (χ1n) is 10.9. The van der Waals surface area contributed by atoms with Crippen LogP contribution in [0.5, 0.6) is 0 Å². The number of carboxylic acid groups (broad SMARTS) is 1. The molecule has 1 aliphatic rings. The Bertz CT molecular complexity index is 1350. The molecule has 4 nitrogen and oxygen atoms in total. The molecular formula is C28H23NO3S. The minimum absolute atomic E-state index is 0.737. The quantitative estimate of drug-likeness (QED) is 0.363. The Kier molecular flexibility index (Phi) is 5.80. The van der Waals surface area contributed by atoms with Crippen LogP contribution in [0.1, 0.15) is 17.8 Å². The van der Waals surface area contributed by atoms with Gasteiger partial charge in [0.05, 0.1) is 10.8 Å². The van der Waals surface area contributed by atoms with Gasteiger partial charge in [-0.1, -0.05) is 60.7 Å². The Hall–Kier alpha value is -3.70. The number of aromatic nitrogens is 1. The highest BCUT2D eigenvalue weighted by Gasteiger charge is 2.26. The molecule has 1 N–H and O–H groups in total. The van der Waals surface area contributed by atoms with Crippen molar-refractivity contribution in [1.82, 2.24) is 4.57 Å². The summed E-state index contributed by atoms with van der Waals surface area (Å²) in [7, 11) is -1.25. The standard InChI is InChI=1S/C28H23NO3S/c30-26(31)18-17-25-28(27(20-8-3-1-4-9-20)24-12-7-19-29(24)25)21-13-15-23(16-14-21)33(32)22-10-5-2-6-11-22/h1-6,8-11,13-18H,7,12,19H2,(H,30,31)/b18-17+. The topological polar surface area (TPSA) is 59.3 Å². The minimum Gasteiger partial charge on any atom is -0.478 e. The van der Waals surface area contributed by atoms with Gasteiger partial charge in [0, 0.05) is 44.9 Å². The van der Waals surface area contributed by atoms with Crippen LogP contribution < -0.4 is 0 Å². The Balaban J connectivity index is 1.66. The average Bonchev–Trinajstić information content (AvgIpc) is 3.44. The minimum atomic E-state index is -1.25. The molecule has 1 atom stereocenters. The van der Waals surface area contributed by atoms with E-state index in [2.05, 4.69) is 16.7 Å². The predicted molar refractivity (Wildman–Crippen MR) is 131 cm³/mol. The summed E-state index contributed by atoms with van der Waals surface area (Å²) in [5.74, 6) is -0.968. The lowest BCUT2D eigenvalue weighted by molar-refractivity contribution is -0.131. The highest BCUT2D eigenvalue weighted by Crippen LogP contribution is 2.43. The van der Waals surface area contributed by atoms with Gasteiger partial charge in [-0.3, -0.25) is 0 Å². The maximum absolute atomic E-state index is 13.0. The third-order valence-corrected chi connectivity index (χ3v) is 7.37. The van der Waals surface area contributed by atoms with E-state index in [4.69, 9.17) is 0 Å². The van der Waals surface area contributed by atoms with Gasteiger partial charge < -0.3 is 9.67 Å². The van der Waals surface area contributed by atoms with Crippen LogP contribution in [0.2, 0.25) is 0 Å². The van der Waals surface area contributed by atoms with Crippen molar-refractivity contribution >= 4 is 22.8 Å². The van der Waals surface area contributed by atoms with Gasteiger partial charge >= 0.3 is 5.97 Å². The van der Waals surface area contributed by atoms with E-state index in [-0.39, 0.29) is 0 Å².